The third-order valence-electron chi connectivity index (χ3n) is 3.41. The Labute approximate surface area is 127 Å². The fourth-order valence-electron chi connectivity index (χ4n) is 1.96. The van der Waals surface area contributed by atoms with Gasteiger partial charge in [0.1, 0.15) is 5.54 Å². The number of thioether (sulfide) groups is 1. The molecule has 3 amide bonds. The second-order valence-corrected chi connectivity index (χ2v) is 6.05. The first-order chi connectivity index (χ1) is 9.90. The highest BCUT2D eigenvalue weighted by molar-refractivity contribution is 7.99. The Morgan fingerprint density at radius 1 is 1.19 bits per heavy atom. The molecule has 114 valence electrons. The number of urea groups is 1. The number of nitrogens with zero attached hydrogens (tertiary/aromatic N) is 1. The maximum absolute atomic E-state index is 11.8. The van der Waals surface area contributed by atoms with Gasteiger partial charge in [0.2, 0.25) is 0 Å². The lowest BCUT2D eigenvalue weighted by atomic mass is 10.1. The van der Waals surface area contributed by atoms with Crippen LogP contribution in [-0.4, -0.2) is 42.5 Å². The molecular weight excluding hydrogens is 292 g/mol. The van der Waals surface area contributed by atoms with Crippen molar-refractivity contribution in [2.75, 3.05) is 20.1 Å². The molecule has 0 unspecified atom stereocenters. The number of imide groups is 1. The molecule has 0 spiro atoms. The first kappa shape index (κ1) is 15.5. The molecule has 1 heterocycles. The fourth-order valence-corrected chi connectivity index (χ4v) is 3.03. The number of ether oxygens (including phenoxy) is 2. The van der Waals surface area contributed by atoms with E-state index in [-0.39, 0.29) is 11.9 Å². The molecule has 7 heteroatoms. The molecule has 1 saturated heterocycles. The highest BCUT2D eigenvalue weighted by Crippen LogP contribution is 2.33. The number of nitrogens with one attached hydrogen (secondary N) is 1. The molecule has 0 radical (unpaired) electrons. The highest BCUT2D eigenvalue weighted by atomic mass is 32.2. The zero-order valence-electron chi connectivity index (χ0n) is 12.4. The van der Waals surface area contributed by atoms with Crippen molar-refractivity contribution in [3.63, 3.8) is 0 Å². The Bertz CT molecular complexity index is 574. The number of hydrogen-bond donors (Lipinski definition) is 1. The minimum atomic E-state index is -0.833. The summed E-state index contributed by atoms with van der Waals surface area (Å²) >= 11 is 1.45. The lowest BCUT2D eigenvalue weighted by Gasteiger charge is -2.27. The lowest BCUT2D eigenvalue weighted by Crippen LogP contribution is -2.43. The molecule has 0 bridgehead atoms. The first-order valence-electron chi connectivity index (χ1n) is 6.38. The molecule has 6 nitrogen and oxygen atoms in total. The summed E-state index contributed by atoms with van der Waals surface area (Å²) in [6, 6.07) is 5.17. The van der Waals surface area contributed by atoms with Crippen LogP contribution in [0.2, 0.25) is 0 Å². The van der Waals surface area contributed by atoms with Gasteiger partial charge in [-0.3, -0.25) is 10.1 Å². The van der Waals surface area contributed by atoms with Crippen LogP contribution in [-0.2, 0) is 4.79 Å². The number of hydrogen-bond acceptors (Lipinski definition) is 5. The van der Waals surface area contributed by atoms with Crippen molar-refractivity contribution in [3.05, 3.63) is 18.2 Å². The fraction of sp³-hybridized carbons (Fsp3) is 0.429. The number of carbonyl (C=O) groups excluding carboxylic acids is 2. The van der Waals surface area contributed by atoms with Crippen LogP contribution < -0.4 is 14.8 Å². The van der Waals surface area contributed by atoms with Crippen LogP contribution in [0.1, 0.15) is 13.8 Å². The van der Waals surface area contributed by atoms with E-state index in [1.807, 2.05) is 18.2 Å². The van der Waals surface area contributed by atoms with Crippen molar-refractivity contribution in [2.24, 2.45) is 0 Å². The summed E-state index contributed by atoms with van der Waals surface area (Å²) in [5.41, 5.74) is -0.833. The van der Waals surface area contributed by atoms with Gasteiger partial charge in [-0.25, -0.2) is 4.79 Å². The zero-order chi connectivity index (χ0) is 15.6. The molecule has 0 saturated carbocycles. The van der Waals surface area contributed by atoms with Crippen molar-refractivity contribution >= 4 is 23.7 Å². The molecule has 1 aromatic rings. The maximum Gasteiger partial charge on any atom is 0.325 e. The molecule has 0 atom stereocenters. The molecule has 1 aromatic carbocycles. The van der Waals surface area contributed by atoms with Gasteiger partial charge in [-0.05, 0) is 32.0 Å². The Morgan fingerprint density at radius 2 is 1.86 bits per heavy atom. The zero-order valence-corrected chi connectivity index (χ0v) is 13.2. The average molecular weight is 310 g/mol. The largest absolute Gasteiger partial charge is 0.493 e. The predicted octanol–water partition coefficient (Wildman–Crippen LogP) is 2.08. The van der Waals surface area contributed by atoms with Gasteiger partial charge >= 0.3 is 6.03 Å². The lowest BCUT2D eigenvalue weighted by molar-refractivity contribution is -0.124. The summed E-state index contributed by atoms with van der Waals surface area (Å²) in [6.07, 6.45) is 0. The predicted molar refractivity (Wildman–Crippen MR) is 79.7 cm³/mol. The molecule has 1 N–H and O–H groups in total. The van der Waals surface area contributed by atoms with E-state index in [9.17, 15) is 9.59 Å². The molecular formula is C14H18N2O4S. The van der Waals surface area contributed by atoms with Gasteiger partial charge in [-0.2, -0.15) is 0 Å². The summed E-state index contributed by atoms with van der Waals surface area (Å²) in [4.78, 5) is 25.9. The minimum absolute atomic E-state index is 0.277. The van der Waals surface area contributed by atoms with Gasteiger partial charge in [-0.1, -0.05) is 0 Å². The molecule has 1 aliphatic heterocycles. The number of benzene rings is 1. The molecule has 21 heavy (non-hydrogen) atoms. The molecule has 2 rings (SSSR count). The minimum Gasteiger partial charge on any atom is -0.493 e. The normalized spacial score (nSPS) is 16.9. The van der Waals surface area contributed by atoms with E-state index in [1.165, 1.54) is 16.7 Å². The number of amides is 3. The van der Waals surface area contributed by atoms with E-state index in [0.29, 0.717) is 17.4 Å². The molecule has 0 aromatic heterocycles. The van der Waals surface area contributed by atoms with Crippen LogP contribution >= 0.6 is 11.8 Å². The third kappa shape index (κ3) is 2.92. The summed E-state index contributed by atoms with van der Waals surface area (Å²) < 4.78 is 10.4. The van der Waals surface area contributed by atoms with Gasteiger partial charge < -0.3 is 14.4 Å². The summed E-state index contributed by atoms with van der Waals surface area (Å²) in [5.74, 6) is 1.38. The quantitative estimate of drug-likeness (QED) is 0.666. The van der Waals surface area contributed by atoms with Gasteiger partial charge in [0.25, 0.3) is 5.91 Å². The van der Waals surface area contributed by atoms with Gasteiger partial charge in [0, 0.05) is 4.90 Å². The summed E-state index contributed by atoms with van der Waals surface area (Å²) in [7, 11) is 3.15. The first-order valence-corrected chi connectivity index (χ1v) is 7.36. The summed E-state index contributed by atoms with van der Waals surface area (Å²) in [5, 5.41) is 2.32. The molecule has 1 aliphatic rings. The Morgan fingerprint density at radius 3 is 2.38 bits per heavy atom. The monoisotopic (exact) mass is 310 g/mol. The van der Waals surface area contributed by atoms with E-state index in [2.05, 4.69) is 5.32 Å². The summed E-state index contributed by atoms with van der Waals surface area (Å²) in [6.45, 7) is 3.45. The van der Waals surface area contributed by atoms with Crippen LogP contribution in [0.5, 0.6) is 11.5 Å². The van der Waals surface area contributed by atoms with E-state index in [1.54, 1.807) is 28.1 Å². The SMILES string of the molecule is COc1ccc(SCN2C(=O)NC(=O)C2(C)C)cc1OC. The van der Waals surface area contributed by atoms with Gasteiger partial charge in [0.05, 0.1) is 20.1 Å². The topological polar surface area (TPSA) is 67.9 Å². The second-order valence-electron chi connectivity index (χ2n) is 5.04. The van der Waals surface area contributed by atoms with E-state index < -0.39 is 5.54 Å². The van der Waals surface area contributed by atoms with Gasteiger partial charge in [-0.15, -0.1) is 11.8 Å². The number of rotatable bonds is 5. The molecule has 0 aliphatic carbocycles. The van der Waals surface area contributed by atoms with Crippen LogP contribution in [0.25, 0.3) is 0 Å². The van der Waals surface area contributed by atoms with Crippen molar-refractivity contribution in [2.45, 2.75) is 24.3 Å². The Kier molecular flexibility index (Phi) is 4.32. The van der Waals surface area contributed by atoms with Crippen molar-refractivity contribution < 1.29 is 19.1 Å². The molecule has 1 fully saturated rings. The van der Waals surface area contributed by atoms with Crippen molar-refractivity contribution in [1.82, 2.24) is 10.2 Å². The van der Waals surface area contributed by atoms with Gasteiger partial charge in [0.15, 0.2) is 11.5 Å². The third-order valence-corrected chi connectivity index (χ3v) is 4.39. The van der Waals surface area contributed by atoms with E-state index in [0.717, 1.165) is 4.90 Å². The second kappa shape index (κ2) is 5.85. The van der Waals surface area contributed by atoms with E-state index in [4.69, 9.17) is 9.47 Å². The van der Waals surface area contributed by atoms with Crippen LogP contribution in [0.15, 0.2) is 23.1 Å². The number of methoxy groups -OCH3 is 2. The Balaban J connectivity index is 2.10. The van der Waals surface area contributed by atoms with Crippen molar-refractivity contribution in [3.8, 4) is 11.5 Å². The Hall–Kier alpha value is -1.89. The highest BCUT2D eigenvalue weighted by Gasteiger charge is 2.45. The van der Waals surface area contributed by atoms with Crippen LogP contribution in [0.3, 0.4) is 0 Å². The average Bonchev–Trinajstić information content (AvgIpc) is 2.65. The standard InChI is InChI=1S/C14H18N2O4S/c1-14(2)12(17)15-13(18)16(14)8-21-9-5-6-10(19-3)11(7-9)20-4/h5-7H,8H2,1-4H3,(H,15,17,18). The number of carbonyl (C=O) groups is 2. The van der Waals surface area contributed by atoms with Crippen LogP contribution in [0.4, 0.5) is 4.79 Å². The van der Waals surface area contributed by atoms with Crippen LogP contribution in [0, 0.1) is 0 Å². The van der Waals surface area contributed by atoms with E-state index >= 15 is 0 Å². The maximum atomic E-state index is 11.8. The smallest absolute Gasteiger partial charge is 0.325 e. The van der Waals surface area contributed by atoms with Crippen molar-refractivity contribution in [1.29, 1.82) is 0 Å².